The number of aromatic nitrogens is 4. The zero-order valence-electron chi connectivity index (χ0n) is 21.4. The standard InChI is InChI=1S/C25H32N8O5/c1-36-21-19(38-12-2-7-32-9-13-37-14-10-32)4-3-18-20(21)30-25(33-8-5-26-22(18)33)31-23(35)17-15-28-24(29-16-17)27-6-11-34/h3-4,15-16,26,34H,2,5-14H2,1H3,(H,27,28,29). The summed E-state index contributed by atoms with van der Waals surface area (Å²) in [6.07, 6.45) is 3.67. The van der Waals surface area contributed by atoms with Crippen molar-refractivity contribution in [2.75, 3.05) is 76.9 Å². The summed E-state index contributed by atoms with van der Waals surface area (Å²) in [6, 6.07) is 3.84. The second-order valence-corrected chi connectivity index (χ2v) is 8.85. The molecule has 38 heavy (non-hydrogen) atoms. The van der Waals surface area contributed by atoms with Crippen molar-refractivity contribution >= 4 is 28.6 Å². The number of aliphatic hydroxyl groups is 1. The highest BCUT2D eigenvalue weighted by Crippen LogP contribution is 2.37. The molecule has 0 radical (unpaired) electrons. The molecule has 4 heterocycles. The van der Waals surface area contributed by atoms with Gasteiger partial charge in [0.15, 0.2) is 11.5 Å². The van der Waals surface area contributed by atoms with E-state index in [0.717, 1.165) is 50.5 Å². The molecule has 2 aliphatic rings. The van der Waals surface area contributed by atoms with Crippen LogP contribution in [0.2, 0.25) is 0 Å². The fourth-order valence-electron chi connectivity index (χ4n) is 4.49. The van der Waals surface area contributed by atoms with Gasteiger partial charge in [-0.2, -0.15) is 4.99 Å². The zero-order valence-corrected chi connectivity index (χ0v) is 21.4. The average molecular weight is 525 g/mol. The van der Waals surface area contributed by atoms with E-state index in [1.54, 1.807) is 7.11 Å². The van der Waals surface area contributed by atoms with E-state index in [1.807, 2.05) is 16.7 Å². The van der Waals surface area contributed by atoms with Crippen molar-refractivity contribution in [1.82, 2.24) is 24.4 Å². The van der Waals surface area contributed by atoms with Crippen LogP contribution in [0.15, 0.2) is 29.5 Å². The third kappa shape index (κ3) is 5.69. The summed E-state index contributed by atoms with van der Waals surface area (Å²) in [5.74, 6) is 1.72. The van der Waals surface area contributed by atoms with Gasteiger partial charge in [-0.05, 0) is 18.6 Å². The van der Waals surface area contributed by atoms with Crippen molar-refractivity contribution < 1.29 is 24.1 Å². The third-order valence-electron chi connectivity index (χ3n) is 6.38. The van der Waals surface area contributed by atoms with Crippen LogP contribution in [0.1, 0.15) is 16.8 Å². The number of nitrogens with zero attached hydrogens (tertiary/aromatic N) is 6. The number of carbonyl (C=O) groups excluding carboxylic acids is 1. The molecule has 1 amide bonds. The molecular formula is C25H32N8O5. The highest BCUT2D eigenvalue weighted by Gasteiger charge is 2.21. The number of ether oxygens (including phenoxy) is 3. The van der Waals surface area contributed by atoms with Crippen molar-refractivity contribution in [2.45, 2.75) is 13.0 Å². The van der Waals surface area contributed by atoms with Gasteiger partial charge in [-0.3, -0.25) is 14.3 Å². The number of nitrogens with one attached hydrogen (secondary N) is 2. The first-order valence-electron chi connectivity index (χ1n) is 12.7. The molecule has 0 spiro atoms. The lowest BCUT2D eigenvalue weighted by Gasteiger charge is -2.26. The molecule has 13 nitrogen and oxygen atoms in total. The topological polar surface area (TPSA) is 148 Å². The molecule has 13 heteroatoms. The van der Waals surface area contributed by atoms with E-state index in [-0.39, 0.29) is 17.8 Å². The Bertz CT molecular complexity index is 1340. The van der Waals surface area contributed by atoms with E-state index in [4.69, 9.17) is 24.3 Å². The van der Waals surface area contributed by atoms with Crippen molar-refractivity contribution in [1.29, 1.82) is 0 Å². The molecule has 1 aromatic carbocycles. The van der Waals surface area contributed by atoms with Gasteiger partial charge in [0.1, 0.15) is 11.3 Å². The summed E-state index contributed by atoms with van der Waals surface area (Å²) in [5, 5.41) is 16.0. The molecule has 0 saturated carbocycles. The Morgan fingerprint density at radius 1 is 1.24 bits per heavy atom. The quantitative estimate of drug-likeness (QED) is 0.319. The fourth-order valence-corrected chi connectivity index (χ4v) is 4.49. The van der Waals surface area contributed by atoms with Gasteiger partial charge in [0.2, 0.25) is 11.6 Å². The molecule has 1 saturated heterocycles. The van der Waals surface area contributed by atoms with Crippen LogP contribution < -0.4 is 25.7 Å². The fraction of sp³-hybridized carbons (Fsp3) is 0.480. The minimum absolute atomic E-state index is 0.0476. The number of benzene rings is 1. The van der Waals surface area contributed by atoms with Crippen LogP contribution in [0.5, 0.6) is 11.5 Å². The number of rotatable bonds is 10. The predicted molar refractivity (Wildman–Crippen MR) is 140 cm³/mol. The first kappa shape index (κ1) is 25.8. The summed E-state index contributed by atoms with van der Waals surface area (Å²) < 4.78 is 19.1. The molecule has 5 rings (SSSR count). The van der Waals surface area contributed by atoms with Crippen molar-refractivity contribution in [3.05, 3.63) is 35.7 Å². The van der Waals surface area contributed by atoms with Gasteiger partial charge >= 0.3 is 0 Å². The maximum absolute atomic E-state index is 13.0. The number of carbonyl (C=O) groups is 1. The summed E-state index contributed by atoms with van der Waals surface area (Å²) in [7, 11) is 1.58. The minimum Gasteiger partial charge on any atom is -0.491 e. The summed E-state index contributed by atoms with van der Waals surface area (Å²) in [5.41, 5.74) is 1.05. The van der Waals surface area contributed by atoms with E-state index < -0.39 is 5.91 Å². The average Bonchev–Trinajstić information content (AvgIpc) is 3.45. The normalized spacial score (nSPS) is 15.8. The number of amides is 1. The number of morpholine rings is 1. The Labute approximate surface area is 219 Å². The maximum Gasteiger partial charge on any atom is 0.283 e. The number of anilines is 2. The van der Waals surface area contributed by atoms with E-state index >= 15 is 0 Å². The highest BCUT2D eigenvalue weighted by atomic mass is 16.5. The molecule has 0 bridgehead atoms. The van der Waals surface area contributed by atoms with Crippen LogP contribution >= 0.6 is 0 Å². The van der Waals surface area contributed by atoms with E-state index in [0.29, 0.717) is 49.2 Å². The maximum atomic E-state index is 13.0. The van der Waals surface area contributed by atoms with Crippen LogP contribution in [0.4, 0.5) is 11.8 Å². The summed E-state index contributed by atoms with van der Waals surface area (Å²) in [4.78, 5) is 32.6. The number of methoxy groups -OCH3 is 1. The largest absolute Gasteiger partial charge is 0.491 e. The number of hydrogen-bond donors (Lipinski definition) is 3. The van der Waals surface area contributed by atoms with E-state index in [2.05, 4.69) is 30.5 Å². The first-order valence-corrected chi connectivity index (χ1v) is 12.7. The van der Waals surface area contributed by atoms with E-state index in [9.17, 15) is 4.79 Å². The molecule has 0 aliphatic carbocycles. The van der Waals surface area contributed by atoms with Crippen LogP contribution in [0, 0.1) is 0 Å². The molecular weight excluding hydrogens is 492 g/mol. The van der Waals surface area contributed by atoms with Crippen molar-refractivity contribution in [3.63, 3.8) is 0 Å². The van der Waals surface area contributed by atoms with E-state index in [1.165, 1.54) is 12.4 Å². The smallest absolute Gasteiger partial charge is 0.283 e. The minimum atomic E-state index is -0.512. The van der Waals surface area contributed by atoms with Crippen LogP contribution in [0.3, 0.4) is 0 Å². The molecule has 3 aromatic rings. The Kier molecular flexibility index (Phi) is 8.26. The van der Waals surface area contributed by atoms with Gasteiger partial charge < -0.3 is 30.0 Å². The number of aliphatic hydroxyl groups excluding tert-OH is 1. The third-order valence-corrected chi connectivity index (χ3v) is 6.38. The van der Waals surface area contributed by atoms with Gasteiger partial charge in [-0.15, -0.1) is 0 Å². The zero-order chi connectivity index (χ0) is 26.3. The van der Waals surface area contributed by atoms with Crippen LogP contribution in [0.25, 0.3) is 10.9 Å². The highest BCUT2D eigenvalue weighted by molar-refractivity contribution is 5.96. The molecule has 0 unspecified atom stereocenters. The second kappa shape index (κ2) is 12.2. The molecule has 2 aromatic heterocycles. The van der Waals surface area contributed by atoms with Gasteiger partial charge in [-0.25, -0.2) is 15.0 Å². The SMILES string of the molecule is COc1c(OCCCN2CCOCC2)ccc2c3n(c(=NC(=O)c4cnc(NCCO)nc4)nc12)CCN3. The van der Waals surface area contributed by atoms with Crippen LogP contribution in [-0.2, 0) is 11.3 Å². The molecule has 0 atom stereocenters. The van der Waals surface area contributed by atoms with Gasteiger partial charge in [0, 0.05) is 57.0 Å². The van der Waals surface area contributed by atoms with Gasteiger partial charge in [0.25, 0.3) is 5.91 Å². The molecule has 3 N–H and O–H groups in total. The Morgan fingerprint density at radius 3 is 2.82 bits per heavy atom. The number of fused-ring (bicyclic) bond motifs is 3. The van der Waals surface area contributed by atoms with Crippen molar-refractivity contribution in [2.24, 2.45) is 4.99 Å². The van der Waals surface area contributed by atoms with Gasteiger partial charge in [-0.1, -0.05) is 0 Å². The molecule has 1 fully saturated rings. The van der Waals surface area contributed by atoms with Crippen molar-refractivity contribution in [3.8, 4) is 11.5 Å². The lowest BCUT2D eigenvalue weighted by atomic mass is 10.2. The molecule has 2 aliphatic heterocycles. The second-order valence-electron chi connectivity index (χ2n) is 8.85. The Balaban J connectivity index is 1.40. The molecule has 202 valence electrons. The van der Waals surface area contributed by atoms with Gasteiger partial charge in [0.05, 0.1) is 39.1 Å². The Hall–Kier alpha value is -3.81. The first-order chi connectivity index (χ1) is 18.7. The Morgan fingerprint density at radius 2 is 2.05 bits per heavy atom. The monoisotopic (exact) mass is 524 g/mol. The summed E-state index contributed by atoms with van der Waals surface area (Å²) >= 11 is 0. The number of hydrogen-bond acceptors (Lipinski definition) is 11. The predicted octanol–water partition coefficient (Wildman–Crippen LogP) is 0.507. The lowest BCUT2D eigenvalue weighted by Crippen LogP contribution is -2.37. The summed E-state index contributed by atoms with van der Waals surface area (Å²) in [6.45, 7) is 6.50. The lowest BCUT2D eigenvalue weighted by molar-refractivity contribution is 0.0357. The van der Waals surface area contributed by atoms with Crippen LogP contribution in [-0.4, -0.2) is 102 Å².